The second kappa shape index (κ2) is 10.6. The Balaban J connectivity index is 1.04. The van der Waals surface area contributed by atoms with Crippen LogP contribution in [0.25, 0.3) is 22.1 Å². The average Bonchev–Trinajstić information content (AvgIpc) is 3.57. The number of H-pyrrole nitrogens is 1. The third kappa shape index (κ3) is 5.17. The van der Waals surface area contributed by atoms with Crippen LogP contribution in [0.5, 0.6) is 0 Å². The molecule has 0 saturated heterocycles. The first kappa shape index (κ1) is 27.9. The Morgan fingerprint density at radius 3 is 2.78 bits per heavy atom. The molecule has 0 radical (unpaired) electrons. The fraction of sp³-hybridized carbons (Fsp3) is 0.500. The number of aromatic amines is 1. The van der Waals surface area contributed by atoms with Crippen molar-refractivity contribution in [3.8, 4) is 0 Å². The minimum atomic E-state index is -4.52. The van der Waals surface area contributed by atoms with Gasteiger partial charge in [0.25, 0.3) is 0 Å². The van der Waals surface area contributed by atoms with Crippen molar-refractivity contribution in [2.24, 2.45) is 17.8 Å². The number of aromatic nitrogens is 5. The van der Waals surface area contributed by atoms with Gasteiger partial charge in [-0.2, -0.15) is 13.2 Å². The van der Waals surface area contributed by atoms with Gasteiger partial charge in [0, 0.05) is 31.1 Å². The predicted octanol–water partition coefficient (Wildman–Crippen LogP) is 4.64. The van der Waals surface area contributed by atoms with Crippen LogP contribution in [0.2, 0.25) is 5.02 Å². The molecule has 1 aromatic carbocycles. The molecular weight excluding hydrogens is 559 g/mol. The van der Waals surface area contributed by atoms with Crippen molar-refractivity contribution in [2.45, 2.75) is 56.5 Å². The number of nitrogens with zero attached hydrogens (tertiary/aromatic N) is 5. The Kier molecular flexibility index (Phi) is 7.19. The molecule has 0 aliphatic heterocycles. The summed E-state index contributed by atoms with van der Waals surface area (Å²) in [6.45, 7) is 0.691. The summed E-state index contributed by atoms with van der Waals surface area (Å²) in [5.74, 6) is 1.03. The molecule has 2 saturated carbocycles. The number of nitrogens with one attached hydrogen (secondary N) is 1. The number of nitrogens with two attached hydrogens (primary N) is 1. The summed E-state index contributed by atoms with van der Waals surface area (Å²) in [5, 5.41) is 11.4. The van der Waals surface area contributed by atoms with E-state index in [0.29, 0.717) is 59.7 Å². The molecule has 2 fully saturated rings. The quantitative estimate of drug-likeness (QED) is 0.256. The molecule has 3 heterocycles. The second-order valence-electron chi connectivity index (χ2n) is 11.5. The summed E-state index contributed by atoms with van der Waals surface area (Å²) in [7, 11) is 2.06. The maximum absolute atomic E-state index is 13.2. The highest BCUT2D eigenvalue weighted by molar-refractivity contribution is 6.32. The molecule has 0 amide bonds. The van der Waals surface area contributed by atoms with Crippen molar-refractivity contribution in [1.82, 2.24) is 29.4 Å². The largest absolute Gasteiger partial charge is 0.417 e. The van der Waals surface area contributed by atoms with Crippen molar-refractivity contribution in [3.63, 3.8) is 0 Å². The first-order valence-electron chi connectivity index (χ1n) is 13.7. The molecule has 2 aliphatic carbocycles. The van der Waals surface area contributed by atoms with E-state index in [2.05, 4.69) is 31.9 Å². The van der Waals surface area contributed by atoms with Gasteiger partial charge in [0.15, 0.2) is 0 Å². The highest BCUT2D eigenvalue weighted by atomic mass is 35.5. The summed E-state index contributed by atoms with van der Waals surface area (Å²) in [6, 6.07) is 4.19. The van der Waals surface area contributed by atoms with Gasteiger partial charge >= 0.3 is 6.18 Å². The zero-order valence-electron chi connectivity index (χ0n) is 22.4. The van der Waals surface area contributed by atoms with Crippen LogP contribution in [0.1, 0.15) is 43.1 Å². The molecule has 6 rings (SSSR count). The number of aldehydes is 1. The van der Waals surface area contributed by atoms with Crippen molar-refractivity contribution >= 4 is 45.8 Å². The molecule has 218 valence electrons. The summed E-state index contributed by atoms with van der Waals surface area (Å²) in [5.41, 5.74) is 6.51. The van der Waals surface area contributed by atoms with Crippen LogP contribution >= 0.6 is 11.6 Å². The maximum Gasteiger partial charge on any atom is 0.417 e. The molecule has 13 heteroatoms. The molecule has 0 bridgehead atoms. The molecule has 3 aromatic heterocycles. The van der Waals surface area contributed by atoms with Gasteiger partial charge < -0.3 is 30.1 Å². The number of rotatable bonds is 8. The normalized spacial score (nSPS) is 26.7. The lowest BCUT2D eigenvalue weighted by Gasteiger charge is -2.42. The fourth-order valence-electron chi connectivity index (χ4n) is 6.64. The molecule has 4 aromatic rings. The van der Waals surface area contributed by atoms with E-state index in [1.807, 2.05) is 16.8 Å². The van der Waals surface area contributed by atoms with Crippen molar-refractivity contribution < 1.29 is 23.1 Å². The van der Waals surface area contributed by atoms with Crippen molar-refractivity contribution in [1.29, 1.82) is 0 Å². The minimum absolute atomic E-state index is 0.00264. The lowest BCUT2D eigenvalue weighted by molar-refractivity contribution is -0.137. The zero-order valence-corrected chi connectivity index (χ0v) is 23.1. The minimum Gasteiger partial charge on any atom is -0.390 e. The summed E-state index contributed by atoms with van der Waals surface area (Å²) < 4.78 is 41.4. The summed E-state index contributed by atoms with van der Waals surface area (Å²) in [4.78, 5) is 30.1. The number of aryl methyl sites for hydroxylation is 1. The third-order valence-electron chi connectivity index (χ3n) is 9.00. The lowest BCUT2D eigenvalue weighted by atomic mass is 9.76. The molecule has 4 unspecified atom stereocenters. The number of carbonyl (C=O) groups is 1. The number of nitrogen functional groups attached to an aromatic ring is 1. The second-order valence-corrected chi connectivity index (χ2v) is 11.9. The molecule has 0 spiro atoms. The Bertz CT molecular complexity index is 1580. The highest BCUT2D eigenvalue weighted by Crippen LogP contribution is 2.43. The van der Waals surface area contributed by atoms with Crippen molar-refractivity contribution in [2.75, 3.05) is 19.3 Å². The number of anilines is 1. The number of fused-ring (bicyclic) bond motifs is 2. The number of alkyl halides is 3. The van der Waals surface area contributed by atoms with E-state index in [4.69, 9.17) is 17.3 Å². The van der Waals surface area contributed by atoms with E-state index >= 15 is 0 Å². The standard InChI is InChI=1S/C28H31ClF3N7O2/c1-38(11-15-8-23(25(41)18(15)12-40)39-5-4-17-26(33)34-13-35-27(17)39)16-6-14(7-16)2-3-24-36-21-9-19(28(30,31)32)20(29)10-22(21)37-24/h4-5,9-10,12-16,18,23,25,41H,2-3,6-8,11H2,1H3,(H,36,37)(H2,33,34,35). The molecule has 9 nitrogen and oxygen atoms in total. The topological polar surface area (TPSA) is 126 Å². The molecule has 4 atom stereocenters. The van der Waals surface area contributed by atoms with Gasteiger partial charge in [-0.1, -0.05) is 11.6 Å². The molecule has 4 N–H and O–H groups in total. The van der Waals surface area contributed by atoms with E-state index in [1.165, 1.54) is 12.4 Å². The number of aliphatic hydroxyl groups excluding tert-OH is 1. The van der Waals surface area contributed by atoms with E-state index < -0.39 is 23.8 Å². The maximum atomic E-state index is 13.2. The van der Waals surface area contributed by atoms with Crippen LogP contribution in [-0.4, -0.2) is 66.5 Å². The SMILES string of the molecule is CN(CC1CC(n2ccc3c(N)ncnc32)C(O)C1C=O)C1CC(CCc2nc3cc(Cl)c(C(F)(F)F)cc3[nH]2)C1. The average molecular weight is 590 g/mol. The number of hydrogen-bond donors (Lipinski definition) is 3. The predicted molar refractivity (Wildman–Crippen MR) is 148 cm³/mol. The van der Waals surface area contributed by atoms with Gasteiger partial charge in [0.1, 0.15) is 29.9 Å². The molecule has 41 heavy (non-hydrogen) atoms. The van der Waals surface area contributed by atoms with E-state index in [9.17, 15) is 23.1 Å². The van der Waals surface area contributed by atoms with E-state index in [-0.39, 0.29) is 17.0 Å². The fourth-order valence-corrected chi connectivity index (χ4v) is 6.91. The van der Waals surface area contributed by atoms with Crippen molar-refractivity contribution in [3.05, 3.63) is 47.1 Å². The number of hydrogen-bond acceptors (Lipinski definition) is 7. The van der Waals surface area contributed by atoms with Crippen LogP contribution in [0.3, 0.4) is 0 Å². The van der Waals surface area contributed by atoms with E-state index in [0.717, 1.165) is 37.0 Å². The number of imidazole rings is 1. The third-order valence-corrected chi connectivity index (χ3v) is 9.32. The lowest BCUT2D eigenvalue weighted by Crippen LogP contribution is -2.45. The van der Waals surface area contributed by atoms with Crippen LogP contribution < -0.4 is 5.73 Å². The van der Waals surface area contributed by atoms with Crippen LogP contribution in [-0.2, 0) is 17.4 Å². The first-order valence-corrected chi connectivity index (χ1v) is 14.1. The molecule has 2 aliphatic rings. The smallest absolute Gasteiger partial charge is 0.390 e. The van der Waals surface area contributed by atoms with Gasteiger partial charge in [0.2, 0.25) is 0 Å². The number of halogens is 4. The Morgan fingerprint density at radius 2 is 2.05 bits per heavy atom. The molecular formula is C28H31ClF3N7O2. The monoisotopic (exact) mass is 589 g/mol. The van der Waals surface area contributed by atoms with Gasteiger partial charge in [-0.05, 0) is 62.8 Å². The number of benzene rings is 1. The van der Waals surface area contributed by atoms with Gasteiger partial charge in [-0.25, -0.2) is 15.0 Å². The first-order chi connectivity index (χ1) is 19.5. The van der Waals surface area contributed by atoms with E-state index in [1.54, 1.807) is 0 Å². The Morgan fingerprint density at radius 1 is 1.27 bits per heavy atom. The van der Waals surface area contributed by atoms with Crippen LogP contribution in [0.15, 0.2) is 30.7 Å². The number of aliphatic hydroxyl groups is 1. The van der Waals surface area contributed by atoms with Crippen LogP contribution in [0.4, 0.5) is 19.0 Å². The zero-order chi connectivity index (χ0) is 29.1. The summed E-state index contributed by atoms with van der Waals surface area (Å²) >= 11 is 5.83. The van der Waals surface area contributed by atoms with Crippen LogP contribution in [0, 0.1) is 17.8 Å². The number of carbonyl (C=O) groups excluding carboxylic acids is 1. The highest BCUT2D eigenvalue weighted by Gasteiger charge is 2.45. The Labute approximate surface area is 238 Å². The summed E-state index contributed by atoms with van der Waals surface area (Å²) in [6.07, 6.45) is 2.91. The van der Waals surface area contributed by atoms with Gasteiger partial charge in [0.05, 0.1) is 39.2 Å². The Hall–Kier alpha value is -3.22. The van der Waals surface area contributed by atoms with Gasteiger partial charge in [-0.15, -0.1) is 0 Å². The van der Waals surface area contributed by atoms with Gasteiger partial charge in [-0.3, -0.25) is 0 Å².